The summed E-state index contributed by atoms with van der Waals surface area (Å²) in [5.41, 5.74) is 4.29. The number of carboxylic acid groups (broad SMARTS) is 1. The molecule has 0 aromatic carbocycles. The zero-order valence-electron chi connectivity index (χ0n) is 9.03. The molecule has 0 aromatic rings. The lowest BCUT2D eigenvalue weighted by molar-refractivity contribution is -0.875. The number of quaternary nitrogens is 1. The van der Waals surface area contributed by atoms with Crippen molar-refractivity contribution < 1.29 is 24.0 Å². The molecule has 86 valence electrons. The highest BCUT2D eigenvalue weighted by Gasteiger charge is 2.23. The van der Waals surface area contributed by atoms with Crippen LogP contribution in [-0.2, 0) is 14.4 Å². The monoisotopic (exact) mass is 218 g/mol. The second-order valence-electron chi connectivity index (χ2n) is 3.88. The molecule has 0 saturated heterocycles. The number of rotatable bonds is 4. The molecule has 0 rings (SSSR count). The van der Waals surface area contributed by atoms with Crippen LogP contribution in [0.2, 0.25) is 0 Å². The van der Waals surface area contributed by atoms with Crippen molar-refractivity contribution in [2.45, 2.75) is 6.92 Å². The van der Waals surface area contributed by atoms with Crippen LogP contribution in [0.1, 0.15) is 6.92 Å². The Kier molecular flexibility index (Phi) is 4.72. The first-order valence-corrected chi connectivity index (χ1v) is 4.32. The van der Waals surface area contributed by atoms with E-state index in [2.05, 4.69) is 10.9 Å². The van der Waals surface area contributed by atoms with E-state index >= 15 is 0 Å². The summed E-state index contributed by atoms with van der Waals surface area (Å²) < 4.78 is 0.0146. The molecule has 0 aliphatic carbocycles. The summed E-state index contributed by atoms with van der Waals surface area (Å²) in [6.45, 7) is 1.08. The summed E-state index contributed by atoms with van der Waals surface area (Å²) in [5, 5.41) is 8.56. The smallest absolute Gasteiger partial charge is 0.359 e. The third-order valence-electron chi connectivity index (χ3n) is 1.51. The van der Waals surface area contributed by atoms with Gasteiger partial charge >= 0.3 is 5.97 Å². The molecule has 0 saturated carbocycles. The van der Waals surface area contributed by atoms with Crippen LogP contribution in [0.3, 0.4) is 0 Å². The van der Waals surface area contributed by atoms with Gasteiger partial charge in [0.05, 0.1) is 14.1 Å². The quantitative estimate of drug-likeness (QED) is 0.388. The fourth-order valence-electron chi connectivity index (χ4n) is 1.01. The van der Waals surface area contributed by atoms with E-state index in [0.29, 0.717) is 0 Å². The predicted octanol–water partition coefficient (Wildman–Crippen LogP) is -1.69. The average Bonchev–Trinajstić information content (AvgIpc) is 1.96. The van der Waals surface area contributed by atoms with Gasteiger partial charge in [-0.2, -0.15) is 0 Å². The van der Waals surface area contributed by atoms with Crippen LogP contribution in [-0.4, -0.2) is 54.6 Å². The first kappa shape index (κ1) is 13.4. The second-order valence-corrected chi connectivity index (χ2v) is 3.88. The molecule has 0 radical (unpaired) electrons. The van der Waals surface area contributed by atoms with Gasteiger partial charge < -0.3 is 9.59 Å². The molecule has 2 amide bonds. The van der Waals surface area contributed by atoms with Crippen LogP contribution in [0.25, 0.3) is 0 Å². The third kappa shape index (κ3) is 7.44. The van der Waals surface area contributed by atoms with Gasteiger partial charge in [0, 0.05) is 6.92 Å². The lowest BCUT2D eigenvalue weighted by atomic mass is 10.4. The number of hydrogen-bond acceptors (Lipinski definition) is 3. The fourth-order valence-corrected chi connectivity index (χ4v) is 1.01. The highest BCUT2D eigenvalue weighted by molar-refractivity contribution is 5.81. The van der Waals surface area contributed by atoms with Crippen LogP contribution in [0.15, 0.2) is 0 Å². The molecule has 15 heavy (non-hydrogen) atoms. The minimum Gasteiger partial charge on any atom is -0.477 e. The highest BCUT2D eigenvalue weighted by Crippen LogP contribution is 1.95. The Morgan fingerprint density at radius 3 is 2.07 bits per heavy atom. The minimum absolute atomic E-state index is 0.0146. The van der Waals surface area contributed by atoms with Gasteiger partial charge in [-0.15, -0.1) is 0 Å². The van der Waals surface area contributed by atoms with E-state index in [0.717, 1.165) is 0 Å². The maximum Gasteiger partial charge on any atom is 0.359 e. The summed E-state index contributed by atoms with van der Waals surface area (Å²) in [5.74, 6) is -1.80. The topological polar surface area (TPSA) is 95.5 Å². The molecule has 0 fully saturated rings. The SMILES string of the molecule is CC(=O)NNC(=O)C[N+](C)(C)CC(=O)O. The van der Waals surface area contributed by atoms with E-state index in [9.17, 15) is 14.4 Å². The molecule has 0 aliphatic heterocycles. The Labute approximate surface area is 87.6 Å². The zero-order chi connectivity index (χ0) is 12.1. The summed E-state index contributed by atoms with van der Waals surface area (Å²) in [6, 6.07) is 0. The van der Waals surface area contributed by atoms with Crippen molar-refractivity contribution in [3.05, 3.63) is 0 Å². The van der Waals surface area contributed by atoms with Gasteiger partial charge in [-0.05, 0) is 0 Å². The number of hydrazine groups is 1. The highest BCUT2D eigenvalue weighted by atomic mass is 16.4. The van der Waals surface area contributed by atoms with E-state index in [-0.39, 0.29) is 23.5 Å². The first-order chi connectivity index (χ1) is 6.73. The Hall–Kier alpha value is -1.63. The lowest BCUT2D eigenvalue weighted by Gasteiger charge is -2.26. The van der Waals surface area contributed by atoms with Crippen LogP contribution in [0.4, 0.5) is 0 Å². The molecular formula is C8H16N3O4+. The number of carboxylic acids is 1. The molecule has 0 unspecified atom stereocenters. The normalized spacial score (nSPS) is 10.6. The van der Waals surface area contributed by atoms with E-state index in [1.165, 1.54) is 6.92 Å². The van der Waals surface area contributed by atoms with E-state index in [1.54, 1.807) is 14.1 Å². The summed E-state index contributed by atoms with van der Waals surface area (Å²) in [6.07, 6.45) is 0. The second kappa shape index (κ2) is 5.30. The van der Waals surface area contributed by atoms with Crippen molar-refractivity contribution in [1.82, 2.24) is 10.9 Å². The first-order valence-electron chi connectivity index (χ1n) is 4.32. The van der Waals surface area contributed by atoms with Crippen LogP contribution in [0, 0.1) is 0 Å². The number of aliphatic carboxylic acids is 1. The Morgan fingerprint density at radius 2 is 1.67 bits per heavy atom. The standard InChI is InChI=1S/C8H15N3O4/c1-6(12)9-10-7(13)4-11(2,3)5-8(14)15/h4-5H2,1-3H3,(H2-,9,10,12,13,14,15)/p+1. The molecule has 0 atom stereocenters. The number of carbonyl (C=O) groups is 3. The van der Waals surface area contributed by atoms with Crippen molar-refractivity contribution in [3.63, 3.8) is 0 Å². The number of nitrogens with one attached hydrogen (secondary N) is 2. The number of likely N-dealkylation sites (N-methyl/N-ethyl adjacent to an activating group) is 1. The number of nitrogens with zero attached hydrogens (tertiary/aromatic N) is 1. The molecule has 0 aliphatic rings. The molecule has 7 nitrogen and oxygen atoms in total. The van der Waals surface area contributed by atoms with Crippen LogP contribution >= 0.6 is 0 Å². The van der Waals surface area contributed by atoms with Gasteiger partial charge in [0.2, 0.25) is 5.91 Å². The third-order valence-corrected chi connectivity index (χ3v) is 1.51. The summed E-state index contributed by atoms with van der Waals surface area (Å²) in [7, 11) is 3.23. The molecule has 0 aromatic heterocycles. The molecule has 0 heterocycles. The van der Waals surface area contributed by atoms with Crippen molar-refractivity contribution in [2.24, 2.45) is 0 Å². The van der Waals surface area contributed by atoms with E-state index in [1.807, 2.05) is 0 Å². The van der Waals surface area contributed by atoms with Gasteiger partial charge in [-0.3, -0.25) is 20.4 Å². The van der Waals surface area contributed by atoms with Gasteiger partial charge in [-0.25, -0.2) is 4.79 Å². The largest absolute Gasteiger partial charge is 0.477 e. The lowest BCUT2D eigenvalue weighted by Crippen LogP contribution is -2.53. The Balaban J connectivity index is 4.04. The number of amides is 2. The van der Waals surface area contributed by atoms with E-state index in [4.69, 9.17) is 5.11 Å². The van der Waals surface area contributed by atoms with Crippen molar-refractivity contribution in [3.8, 4) is 0 Å². The summed E-state index contributed by atoms with van der Waals surface area (Å²) >= 11 is 0. The number of hydrogen-bond donors (Lipinski definition) is 3. The molecule has 7 heteroatoms. The minimum atomic E-state index is -0.979. The van der Waals surface area contributed by atoms with Gasteiger partial charge in [0.1, 0.15) is 0 Å². The maximum atomic E-state index is 11.2. The number of carbonyl (C=O) groups excluding carboxylic acids is 2. The molecule has 0 spiro atoms. The predicted molar refractivity (Wildman–Crippen MR) is 51.4 cm³/mol. The van der Waals surface area contributed by atoms with Crippen LogP contribution < -0.4 is 10.9 Å². The zero-order valence-corrected chi connectivity index (χ0v) is 9.03. The molecular weight excluding hydrogens is 202 g/mol. The van der Waals surface area contributed by atoms with Crippen molar-refractivity contribution in [2.75, 3.05) is 27.2 Å². The van der Waals surface area contributed by atoms with E-state index < -0.39 is 11.9 Å². The van der Waals surface area contributed by atoms with Crippen LogP contribution in [0.5, 0.6) is 0 Å². The Morgan fingerprint density at radius 1 is 1.13 bits per heavy atom. The van der Waals surface area contributed by atoms with Crippen molar-refractivity contribution >= 4 is 17.8 Å². The van der Waals surface area contributed by atoms with Gasteiger partial charge in [0.25, 0.3) is 5.91 Å². The average molecular weight is 218 g/mol. The van der Waals surface area contributed by atoms with Gasteiger partial charge in [0.15, 0.2) is 13.1 Å². The molecule has 3 N–H and O–H groups in total. The Bertz CT molecular complexity index is 275. The van der Waals surface area contributed by atoms with Crippen molar-refractivity contribution in [1.29, 1.82) is 0 Å². The van der Waals surface area contributed by atoms with Gasteiger partial charge in [-0.1, -0.05) is 0 Å². The molecule has 0 bridgehead atoms. The maximum absolute atomic E-state index is 11.2. The summed E-state index contributed by atoms with van der Waals surface area (Å²) in [4.78, 5) is 32.1. The fraction of sp³-hybridized carbons (Fsp3) is 0.625.